The van der Waals surface area contributed by atoms with Crippen LogP contribution in [-0.4, -0.2) is 16.1 Å². The monoisotopic (exact) mass is 297 g/mol. The molecule has 0 fully saturated rings. The van der Waals surface area contributed by atoms with E-state index in [1.54, 1.807) is 0 Å². The molecule has 0 saturated heterocycles. The van der Waals surface area contributed by atoms with E-state index in [0.29, 0.717) is 0 Å². The van der Waals surface area contributed by atoms with Gasteiger partial charge < -0.3 is 9.84 Å². The Bertz CT molecular complexity index is 666. The summed E-state index contributed by atoms with van der Waals surface area (Å²) in [6, 6.07) is 6.80. The molecule has 0 bridgehead atoms. The van der Waals surface area contributed by atoms with Crippen LogP contribution in [0.3, 0.4) is 0 Å². The summed E-state index contributed by atoms with van der Waals surface area (Å²) in [5.74, 6) is -0.823. The molecule has 7 heteroatoms. The van der Waals surface area contributed by atoms with Crippen LogP contribution in [0.1, 0.15) is 21.6 Å². The van der Waals surface area contributed by atoms with Crippen molar-refractivity contribution >= 4 is 5.97 Å². The van der Waals surface area contributed by atoms with Gasteiger partial charge in [-0.05, 0) is 37.3 Å². The Hall–Kier alpha value is -2.57. The van der Waals surface area contributed by atoms with E-state index in [2.05, 4.69) is 4.98 Å². The number of aromatic carboxylic acids is 1. The smallest absolute Gasteiger partial charge is 0.416 e. The first-order chi connectivity index (χ1) is 9.77. The molecule has 21 heavy (non-hydrogen) atoms. The fraction of sp³-hybridized carbons (Fsp3) is 0.143. The average molecular weight is 297 g/mol. The lowest BCUT2D eigenvalue weighted by molar-refractivity contribution is -0.137. The van der Waals surface area contributed by atoms with Gasteiger partial charge in [0.15, 0.2) is 0 Å². The summed E-state index contributed by atoms with van der Waals surface area (Å²) in [6.45, 7) is 1.50. The predicted molar refractivity (Wildman–Crippen MR) is 67.5 cm³/mol. The number of carboxylic acid groups (broad SMARTS) is 1. The second-order valence-corrected chi connectivity index (χ2v) is 4.21. The first-order valence-electron chi connectivity index (χ1n) is 5.83. The molecule has 0 aliphatic heterocycles. The predicted octanol–water partition coefficient (Wildman–Crippen LogP) is 3.90. The van der Waals surface area contributed by atoms with E-state index in [0.717, 1.165) is 12.1 Å². The van der Waals surface area contributed by atoms with E-state index in [1.807, 2.05) is 0 Å². The topological polar surface area (TPSA) is 59.4 Å². The Morgan fingerprint density at radius 2 is 1.76 bits per heavy atom. The average Bonchev–Trinajstić information content (AvgIpc) is 2.38. The van der Waals surface area contributed by atoms with E-state index in [4.69, 9.17) is 9.84 Å². The van der Waals surface area contributed by atoms with Gasteiger partial charge in [0.2, 0.25) is 5.88 Å². The van der Waals surface area contributed by atoms with E-state index in [9.17, 15) is 18.0 Å². The van der Waals surface area contributed by atoms with E-state index in [1.165, 1.54) is 31.2 Å². The normalized spacial score (nSPS) is 11.2. The Morgan fingerprint density at radius 3 is 2.24 bits per heavy atom. The molecule has 0 atom stereocenters. The summed E-state index contributed by atoms with van der Waals surface area (Å²) in [5.41, 5.74) is -0.484. The maximum absolute atomic E-state index is 12.4. The molecule has 0 saturated carbocycles. The van der Waals surface area contributed by atoms with Crippen LogP contribution < -0.4 is 4.74 Å². The number of pyridine rings is 1. The van der Waals surface area contributed by atoms with Crippen LogP contribution in [0, 0.1) is 6.92 Å². The quantitative estimate of drug-likeness (QED) is 0.933. The lowest BCUT2D eigenvalue weighted by Gasteiger charge is -2.09. The molecule has 1 aromatic carbocycles. The molecule has 0 amide bonds. The molecule has 110 valence electrons. The minimum absolute atomic E-state index is 0.0368. The van der Waals surface area contributed by atoms with Crippen molar-refractivity contribution in [1.82, 2.24) is 4.98 Å². The van der Waals surface area contributed by atoms with Gasteiger partial charge in [-0.1, -0.05) is 0 Å². The van der Waals surface area contributed by atoms with Crippen molar-refractivity contribution in [1.29, 1.82) is 0 Å². The number of hydrogen-bond acceptors (Lipinski definition) is 3. The second kappa shape index (κ2) is 5.43. The Balaban J connectivity index is 2.19. The highest BCUT2D eigenvalue weighted by Gasteiger charge is 2.30. The van der Waals surface area contributed by atoms with Crippen LogP contribution >= 0.6 is 0 Å². The van der Waals surface area contributed by atoms with Gasteiger partial charge in [-0.2, -0.15) is 13.2 Å². The third-order valence-electron chi connectivity index (χ3n) is 2.69. The van der Waals surface area contributed by atoms with Gasteiger partial charge in [0.05, 0.1) is 16.8 Å². The molecule has 1 heterocycles. The van der Waals surface area contributed by atoms with Gasteiger partial charge in [0.1, 0.15) is 5.75 Å². The third kappa shape index (κ3) is 3.50. The fourth-order valence-electron chi connectivity index (χ4n) is 1.65. The maximum atomic E-state index is 12.4. The van der Waals surface area contributed by atoms with Gasteiger partial charge in [-0.25, -0.2) is 9.78 Å². The van der Waals surface area contributed by atoms with Crippen molar-refractivity contribution in [2.24, 2.45) is 0 Å². The van der Waals surface area contributed by atoms with E-state index < -0.39 is 17.7 Å². The number of aryl methyl sites for hydroxylation is 1. The standard InChI is InChI=1S/C14H10F3NO3/c1-8-11(13(19)20)6-7-12(18-8)21-10-4-2-9(3-5-10)14(15,16)17/h2-7H,1H3,(H,19,20). The zero-order valence-electron chi connectivity index (χ0n) is 10.8. The van der Waals surface area contributed by atoms with Crippen LogP contribution in [0.15, 0.2) is 36.4 Å². The number of ether oxygens (including phenoxy) is 1. The van der Waals surface area contributed by atoms with Gasteiger partial charge in [-0.3, -0.25) is 0 Å². The number of hydrogen-bond donors (Lipinski definition) is 1. The van der Waals surface area contributed by atoms with Crippen molar-refractivity contribution in [3.63, 3.8) is 0 Å². The molecular weight excluding hydrogens is 287 g/mol. The zero-order valence-corrected chi connectivity index (χ0v) is 10.8. The van der Waals surface area contributed by atoms with Crippen LogP contribution in [-0.2, 0) is 6.18 Å². The number of alkyl halides is 3. The SMILES string of the molecule is Cc1nc(Oc2ccc(C(F)(F)F)cc2)ccc1C(=O)O. The zero-order chi connectivity index (χ0) is 15.6. The number of carboxylic acids is 1. The Labute approximate surface area is 117 Å². The minimum Gasteiger partial charge on any atom is -0.478 e. The summed E-state index contributed by atoms with van der Waals surface area (Å²) in [4.78, 5) is 14.8. The van der Waals surface area contributed by atoms with Crippen molar-refractivity contribution in [2.75, 3.05) is 0 Å². The molecule has 0 unspecified atom stereocenters. The molecule has 2 aromatic rings. The van der Waals surface area contributed by atoms with Crippen molar-refractivity contribution < 1.29 is 27.8 Å². The first-order valence-corrected chi connectivity index (χ1v) is 5.83. The number of benzene rings is 1. The second-order valence-electron chi connectivity index (χ2n) is 4.21. The molecule has 1 N–H and O–H groups in total. The lowest BCUT2D eigenvalue weighted by atomic mass is 10.2. The number of nitrogens with zero attached hydrogens (tertiary/aromatic N) is 1. The van der Waals surface area contributed by atoms with Crippen LogP contribution in [0.5, 0.6) is 11.6 Å². The molecule has 0 aliphatic carbocycles. The minimum atomic E-state index is -4.41. The number of rotatable bonds is 3. The van der Waals surface area contributed by atoms with E-state index in [-0.39, 0.29) is 22.9 Å². The van der Waals surface area contributed by atoms with Gasteiger partial charge in [-0.15, -0.1) is 0 Å². The molecule has 0 spiro atoms. The fourth-order valence-corrected chi connectivity index (χ4v) is 1.65. The lowest BCUT2D eigenvalue weighted by Crippen LogP contribution is -2.04. The van der Waals surface area contributed by atoms with Gasteiger partial charge in [0.25, 0.3) is 0 Å². The number of aromatic nitrogens is 1. The molecule has 4 nitrogen and oxygen atoms in total. The van der Waals surface area contributed by atoms with Crippen molar-refractivity contribution in [3.05, 3.63) is 53.2 Å². The Kier molecular flexibility index (Phi) is 3.84. The van der Waals surface area contributed by atoms with Gasteiger partial charge >= 0.3 is 12.1 Å². The Morgan fingerprint density at radius 1 is 1.14 bits per heavy atom. The van der Waals surface area contributed by atoms with Crippen molar-refractivity contribution in [2.45, 2.75) is 13.1 Å². The molecule has 0 radical (unpaired) electrons. The molecular formula is C14H10F3NO3. The molecule has 2 rings (SSSR count). The highest BCUT2D eigenvalue weighted by Crippen LogP contribution is 2.31. The third-order valence-corrected chi connectivity index (χ3v) is 2.69. The van der Waals surface area contributed by atoms with Crippen LogP contribution in [0.4, 0.5) is 13.2 Å². The molecule has 0 aliphatic rings. The van der Waals surface area contributed by atoms with E-state index >= 15 is 0 Å². The summed E-state index contributed by atoms with van der Waals surface area (Å²) < 4.78 is 42.5. The van der Waals surface area contributed by atoms with Crippen LogP contribution in [0.25, 0.3) is 0 Å². The summed E-state index contributed by atoms with van der Waals surface area (Å²) in [6.07, 6.45) is -4.41. The number of halogens is 3. The van der Waals surface area contributed by atoms with Crippen molar-refractivity contribution in [3.8, 4) is 11.6 Å². The highest BCUT2D eigenvalue weighted by atomic mass is 19.4. The molecule has 1 aromatic heterocycles. The number of carbonyl (C=O) groups is 1. The van der Waals surface area contributed by atoms with Gasteiger partial charge in [0, 0.05) is 6.07 Å². The first kappa shape index (κ1) is 14.8. The van der Waals surface area contributed by atoms with Crippen LogP contribution in [0.2, 0.25) is 0 Å². The summed E-state index contributed by atoms with van der Waals surface area (Å²) >= 11 is 0. The maximum Gasteiger partial charge on any atom is 0.416 e. The largest absolute Gasteiger partial charge is 0.478 e. The summed E-state index contributed by atoms with van der Waals surface area (Å²) in [7, 11) is 0. The highest BCUT2D eigenvalue weighted by molar-refractivity contribution is 5.88. The summed E-state index contributed by atoms with van der Waals surface area (Å²) in [5, 5.41) is 8.87.